The molecule has 176 valence electrons. The van der Waals surface area contributed by atoms with Gasteiger partial charge in [-0.2, -0.15) is 0 Å². The van der Waals surface area contributed by atoms with Crippen LogP contribution < -0.4 is 10.5 Å². The van der Waals surface area contributed by atoms with E-state index in [0.717, 1.165) is 24.0 Å². The normalized spacial score (nSPS) is 14.1. The molecule has 1 saturated heterocycles. The molecule has 2 amide bonds. The monoisotopic (exact) mass is 487 g/mol. The molecule has 1 fully saturated rings. The Morgan fingerprint density at radius 3 is 2.31 bits per heavy atom. The summed E-state index contributed by atoms with van der Waals surface area (Å²) in [4.78, 5) is 30.7. The third kappa shape index (κ3) is 4.34. The molecule has 0 spiro atoms. The smallest absolute Gasteiger partial charge is 0.298 e. The number of halogens is 1. The number of nitrogens with zero attached hydrogens (tertiary/aromatic N) is 3. The van der Waals surface area contributed by atoms with Crippen LogP contribution in [0.1, 0.15) is 34.8 Å². The van der Waals surface area contributed by atoms with Crippen LogP contribution in [0, 0.1) is 12.3 Å². The number of hydrogen-bond donors (Lipinski definition) is 2. The molecule has 2 aromatic heterocycles. The van der Waals surface area contributed by atoms with Gasteiger partial charge in [0.25, 0.3) is 11.8 Å². The number of nitrogens with two attached hydrogens (primary N) is 1. The van der Waals surface area contributed by atoms with E-state index >= 15 is 0 Å². The molecule has 2 aromatic carbocycles. The Morgan fingerprint density at radius 2 is 1.71 bits per heavy atom. The minimum Gasteiger partial charge on any atom is -0.457 e. The number of carbonyl (C=O) groups excluding carboxylic acids is 2. The van der Waals surface area contributed by atoms with E-state index in [1.807, 2.05) is 30.5 Å². The van der Waals surface area contributed by atoms with Crippen molar-refractivity contribution >= 4 is 29.1 Å². The molecule has 3 heterocycles. The molecule has 35 heavy (non-hydrogen) atoms. The molecule has 1 aliphatic heterocycles. The predicted octanol–water partition coefficient (Wildman–Crippen LogP) is 4.21. The van der Waals surface area contributed by atoms with Crippen molar-refractivity contribution in [2.75, 3.05) is 13.1 Å². The van der Waals surface area contributed by atoms with Crippen molar-refractivity contribution in [3.05, 3.63) is 71.0 Å². The number of carbonyl (C=O) groups is 2. The Balaban J connectivity index is 1.42. The number of ether oxygens (including phenoxy) is 1. The van der Waals surface area contributed by atoms with Gasteiger partial charge in [-0.1, -0.05) is 11.6 Å². The molecule has 3 N–H and O–H groups in total. The fraction of sp³-hybridized carbons (Fsp3) is 0.192. The maximum atomic E-state index is 12.4. The number of imidazole rings is 1. The quantitative estimate of drug-likeness (QED) is 0.411. The number of primary amides is 1. The molecule has 0 radical (unpaired) electrons. The third-order valence-electron chi connectivity index (χ3n) is 6.24. The minimum atomic E-state index is -0.586. The average Bonchev–Trinajstić information content (AvgIpc) is 3.45. The zero-order valence-electron chi connectivity index (χ0n) is 18.7. The van der Waals surface area contributed by atoms with Crippen LogP contribution in [0.15, 0.2) is 54.7 Å². The Bertz CT molecular complexity index is 1440. The second-order valence-corrected chi connectivity index (χ2v) is 8.79. The Morgan fingerprint density at radius 1 is 1.09 bits per heavy atom. The van der Waals surface area contributed by atoms with Gasteiger partial charge in [-0.25, -0.2) is 9.50 Å². The molecule has 8 nitrogen and oxygen atoms in total. The molecule has 0 aliphatic carbocycles. The second-order valence-electron chi connectivity index (χ2n) is 8.35. The van der Waals surface area contributed by atoms with Crippen LogP contribution in [-0.2, 0) is 4.79 Å². The summed E-state index contributed by atoms with van der Waals surface area (Å²) in [6.07, 6.45) is 8.61. The number of hydrogen-bond acceptors (Lipinski definition) is 4. The van der Waals surface area contributed by atoms with Crippen molar-refractivity contribution in [2.24, 2.45) is 5.73 Å². The number of rotatable bonds is 5. The van der Waals surface area contributed by atoms with E-state index in [-0.39, 0.29) is 17.5 Å². The van der Waals surface area contributed by atoms with Crippen LogP contribution in [0.3, 0.4) is 0 Å². The number of amides is 2. The SMILES string of the molecule is C#CC(=O)N1CCC(c2c[nH]n3c(C(N)=O)c(-c4ccc(Oc5ccc(Cl)cc5)cc4)nc23)CC1. The van der Waals surface area contributed by atoms with E-state index in [4.69, 9.17) is 33.5 Å². The summed E-state index contributed by atoms with van der Waals surface area (Å²) in [6.45, 7) is 1.16. The maximum absolute atomic E-state index is 12.4. The molecular formula is C26H22ClN5O3. The van der Waals surface area contributed by atoms with Crippen molar-refractivity contribution in [1.29, 1.82) is 0 Å². The van der Waals surface area contributed by atoms with Gasteiger partial charge >= 0.3 is 0 Å². The molecule has 0 saturated carbocycles. The van der Waals surface area contributed by atoms with Crippen molar-refractivity contribution < 1.29 is 14.3 Å². The number of H-pyrrole nitrogens is 1. The van der Waals surface area contributed by atoms with Gasteiger partial charge < -0.3 is 15.4 Å². The molecular weight excluding hydrogens is 466 g/mol. The Kier molecular flexibility index (Phi) is 5.93. The molecule has 0 unspecified atom stereocenters. The number of likely N-dealkylation sites (tertiary alicyclic amines) is 1. The lowest BCUT2D eigenvalue weighted by molar-refractivity contribution is -0.126. The first-order valence-electron chi connectivity index (χ1n) is 11.1. The van der Waals surface area contributed by atoms with E-state index in [0.29, 0.717) is 41.0 Å². The van der Waals surface area contributed by atoms with E-state index in [9.17, 15) is 9.59 Å². The summed E-state index contributed by atoms with van der Waals surface area (Å²) in [6, 6.07) is 14.4. The van der Waals surface area contributed by atoms with Gasteiger partial charge in [0.15, 0.2) is 11.3 Å². The summed E-state index contributed by atoms with van der Waals surface area (Å²) in [5.74, 6) is 2.77. The van der Waals surface area contributed by atoms with Gasteiger partial charge in [0.2, 0.25) is 0 Å². The zero-order valence-corrected chi connectivity index (χ0v) is 19.5. The van der Waals surface area contributed by atoms with Crippen LogP contribution in [0.2, 0.25) is 5.02 Å². The number of aromatic nitrogens is 3. The highest BCUT2D eigenvalue weighted by atomic mass is 35.5. The highest BCUT2D eigenvalue weighted by Crippen LogP contribution is 2.34. The lowest BCUT2D eigenvalue weighted by Crippen LogP contribution is -2.37. The molecule has 9 heteroatoms. The van der Waals surface area contributed by atoms with Gasteiger partial charge in [0.05, 0.1) is 0 Å². The van der Waals surface area contributed by atoms with Crippen molar-refractivity contribution in [2.45, 2.75) is 18.8 Å². The largest absolute Gasteiger partial charge is 0.457 e. The van der Waals surface area contributed by atoms with Gasteiger partial charge in [-0.15, -0.1) is 6.42 Å². The first-order chi connectivity index (χ1) is 16.9. The van der Waals surface area contributed by atoms with Gasteiger partial charge in [-0.05, 0) is 73.2 Å². The summed E-state index contributed by atoms with van der Waals surface area (Å²) < 4.78 is 7.48. The van der Waals surface area contributed by atoms with Crippen LogP contribution in [0.4, 0.5) is 0 Å². The highest BCUT2D eigenvalue weighted by molar-refractivity contribution is 6.30. The van der Waals surface area contributed by atoms with E-state index in [2.05, 4.69) is 11.0 Å². The number of benzene rings is 2. The number of aromatic amines is 1. The number of terminal acetylenes is 1. The molecule has 1 aliphatic rings. The summed E-state index contributed by atoms with van der Waals surface area (Å²) in [5.41, 5.74) is 8.87. The number of fused-ring (bicyclic) bond motifs is 1. The molecule has 0 bridgehead atoms. The standard InChI is InChI=1S/C26H22ClN5O3/c1-2-22(33)31-13-11-16(12-14-31)21-15-29-32-24(25(28)34)23(30-26(21)32)17-3-7-19(8-4-17)35-20-9-5-18(27)6-10-20/h1,3-10,15-16,29H,11-14H2,(H2,28,34). The van der Waals surface area contributed by atoms with Gasteiger partial charge in [0.1, 0.15) is 17.2 Å². The first kappa shape index (κ1) is 22.6. The number of nitrogens with one attached hydrogen (secondary N) is 1. The van der Waals surface area contributed by atoms with Crippen molar-refractivity contribution in [3.63, 3.8) is 0 Å². The van der Waals surface area contributed by atoms with Crippen molar-refractivity contribution in [1.82, 2.24) is 19.5 Å². The van der Waals surface area contributed by atoms with E-state index in [1.165, 1.54) is 0 Å². The summed E-state index contributed by atoms with van der Waals surface area (Å²) in [7, 11) is 0. The van der Waals surface area contributed by atoms with Crippen LogP contribution in [0.25, 0.3) is 16.9 Å². The molecule has 4 aromatic rings. The third-order valence-corrected chi connectivity index (χ3v) is 6.49. The average molecular weight is 488 g/mol. The van der Waals surface area contributed by atoms with Crippen molar-refractivity contribution in [3.8, 4) is 35.1 Å². The molecule has 0 atom stereocenters. The topological polar surface area (TPSA) is 106 Å². The highest BCUT2D eigenvalue weighted by Gasteiger charge is 2.28. The summed E-state index contributed by atoms with van der Waals surface area (Å²) >= 11 is 5.93. The number of piperidine rings is 1. The van der Waals surface area contributed by atoms with Crippen LogP contribution >= 0.6 is 11.6 Å². The fourth-order valence-electron chi connectivity index (χ4n) is 4.47. The van der Waals surface area contributed by atoms with Crippen LogP contribution in [-0.4, -0.2) is 44.4 Å². The Labute approximate surface area is 206 Å². The zero-order chi connectivity index (χ0) is 24.5. The van der Waals surface area contributed by atoms with Gasteiger partial charge in [0, 0.05) is 35.4 Å². The minimum absolute atomic E-state index is 0.178. The lowest BCUT2D eigenvalue weighted by atomic mass is 9.91. The van der Waals surface area contributed by atoms with Crippen LogP contribution in [0.5, 0.6) is 11.5 Å². The maximum Gasteiger partial charge on any atom is 0.298 e. The molecule has 5 rings (SSSR count). The fourth-order valence-corrected chi connectivity index (χ4v) is 4.60. The predicted molar refractivity (Wildman–Crippen MR) is 132 cm³/mol. The second kappa shape index (κ2) is 9.20. The van der Waals surface area contributed by atoms with E-state index < -0.39 is 5.91 Å². The van der Waals surface area contributed by atoms with Gasteiger partial charge in [-0.3, -0.25) is 14.7 Å². The Hall–Kier alpha value is -4.22. The lowest BCUT2D eigenvalue weighted by Gasteiger charge is -2.30. The van der Waals surface area contributed by atoms with E-state index in [1.54, 1.807) is 33.7 Å². The first-order valence-corrected chi connectivity index (χ1v) is 11.5. The summed E-state index contributed by atoms with van der Waals surface area (Å²) in [5, 5.41) is 3.76.